The molecule has 3 unspecified atom stereocenters. The molecular formula is C22H29N3O3. The van der Waals surface area contributed by atoms with E-state index in [1.807, 2.05) is 11.0 Å². The van der Waals surface area contributed by atoms with Crippen LogP contribution in [0.25, 0.3) is 5.57 Å². The summed E-state index contributed by atoms with van der Waals surface area (Å²) >= 11 is 0. The second-order valence-corrected chi connectivity index (χ2v) is 8.42. The number of amides is 2. The molecule has 3 aliphatic heterocycles. The molecule has 2 amide bonds. The van der Waals surface area contributed by atoms with Gasteiger partial charge in [-0.2, -0.15) is 0 Å². The molecule has 1 aromatic carbocycles. The normalized spacial score (nSPS) is 29.1. The Hall–Kier alpha value is -2.21. The third-order valence-electron chi connectivity index (χ3n) is 6.69. The van der Waals surface area contributed by atoms with Crippen LogP contribution >= 0.6 is 0 Å². The van der Waals surface area contributed by atoms with Gasteiger partial charge in [-0.1, -0.05) is 12.1 Å². The van der Waals surface area contributed by atoms with Crippen LogP contribution in [0.15, 0.2) is 24.3 Å². The molecule has 0 spiro atoms. The van der Waals surface area contributed by atoms with Gasteiger partial charge < -0.3 is 25.0 Å². The van der Waals surface area contributed by atoms with Crippen molar-refractivity contribution >= 4 is 11.6 Å². The van der Waals surface area contributed by atoms with Crippen LogP contribution in [0.4, 0.5) is 4.79 Å². The van der Waals surface area contributed by atoms with E-state index < -0.39 is 0 Å². The molecule has 1 saturated heterocycles. The summed E-state index contributed by atoms with van der Waals surface area (Å²) in [5, 5.41) is 6.78. The number of carbonyl (C=O) groups excluding carboxylic acids is 1. The maximum absolute atomic E-state index is 12.7. The molecule has 6 nitrogen and oxygen atoms in total. The van der Waals surface area contributed by atoms with Crippen LogP contribution < -0.4 is 20.1 Å². The first-order valence-corrected chi connectivity index (χ1v) is 10.6. The van der Waals surface area contributed by atoms with E-state index in [0.717, 1.165) is 67.8 Å². The first-order chi connectivity index (χ1) is 13.8. The van der Waals surface area contributed by atoms with Gasteiger partial charge in [0.15, 0.2) is 11.5 Å². The van der Waals surface area contributed by atoms with Crippen molar-refractivity contribution in [2.75, 3.05) is 39.4 Å². The lowest BCUT2D eigenvalue weighted by Crippen LogP contribution is -2.48. The van der Waals surface area contributed by atoms with E-state index in [9.17, 15) is 4.79 Å². The van der Waals surface area contributed by atoms with Crippen LogP contribution in [-0.4, -0.2) is 56.4 Å². The molecule has 1 aliphatic carbocycles. The SMILES string of the molecule is O=C(NC1CCC2CNCC2C1)N1CC=C(c2ccc3c(c2)OCCO3)CC1. The number of nitrogens with one attached hydrogen (secondary N) is 2. The number of urea groups is 1. The van der Waals surface area contributed by atoms with E-state index in [0.29, 0.717) is 25.8 Å². The van der Waals surface area contributed by atoms with Gasteiger partial charge >= 0.3 is 6.03 Å². The average molecular weight is 383 g/mol. The summed E-state index contributed by atoms with van der Waals surface area (Å²) in [5.74, 6) is 3.20. The Morgan fingerprint density at radius 2 is 1.96 bits per heavy atom. The topological polar surface area (TPSA) is 62.8 Å². The zero-order valence-corrected chi connectivity index (χ0v) is 16.3. The molecule has 3 atom stereocenters. The molecule has 2 fully saturated rings. The van der Waals surface area contributed by atoms with Crippen molar-refractivity contribution in [3.8, 4) is 11.5 Å². The largest absolute Gasteiger partial charge is 0.486 e. The van der Waals surface area contributed by atoms with Crippen molar-refractivity contribution in [1.29, 1.82) is 0 Å². The van der Waals surface area contributed by atoms with Gasteiger partial charge in [-0.25, -0.2) is 4.79 Å². The van der Waals surface area contributed by atoms with Crippen molar-refractivity contribution in [3.63, 3.8) is 0 Å². The summed E-state index contributed by atoms with van der Waals surface area (Å²) in [7, 11) is 0. The predicted octanol–water partition coefficient (Wildman–Crippen LogP) is 2.64. The molecule has 1 saturated carbocycles. The summed E-state index contributed by atoms with van der Waals surface area (Å²) in [6.07, 6.45) is 6.51. The Balaban J connectivity index is 1.18. The third-order valence-corrected chi connectivity index (χ3v) is 6.69. The van der Waals surface area contributed by atoms with E-state index in [-0.39, 0.29) is 6.03 Å². The van der Waals surface area contributed by atoms with E-state index in [2.05, 4.69) is 28.8 Å². The number of fused-ring (bicyclic) bond motifs is 2. The van der Waals surface area contributed by atoms with Crippen LogP contribution in [0.3, 0.4) is 0 Å². The molecular weight excluding hydrogens is 354 g/mol. The van der Waals surface area contributed by atoms with Crippen molar-refractivity contribution in [2.24, 2.45) is 11.8 Å². The van der Waals surface area contributed by atoms with E-state index in [4.69, 9.17) is 9.47 Å². The monoisotopic (exact) mass is 383 g/mol. The first-order valence-electron chi connectivity index (χ1n) is 10.6. The quantitative estimate of drug-likeness (QED) is 0.824. The number of carbonyl (C=O) groups is 1. The lowest BCUT2D eigenvalue weighted by atomic mass is 9.79. The number of hydrogen-bond donors (Lipinski definition) is 2. The van der Waals surface area contributed by atoms with Gasteiger partial charge in [-0.05, 0) is 73.9 Å². The number of ether oxygens (including phenoxy) is 2. The lowest BCUT2D eigenvalue weighted by Gasteiger charge is -2.34. The fraction of sp³-hybridized carbons (Fsp3) is 0.591. The Morgan fingerprint density at radius 3 is 2.82 bits per heavy atom. The second kappa shape index (κ2) is 7.66. The molecule has 0 radical (unpaired) electrons. The molecule has 4 aliphatic rings. The minimum Gasteiger partial charge on any atom is -0.486 e. The summed E-state index contributed by atoms with van der Waals surface area (Å²) in [5.41, 5.74) is 2.44. The van der Waals surface area contributed by atoms with E-state index in [1.165, 1.54) is 12.0 Å². The second-order valence-electron chi connectivity index (χ2n) is 8.42. The molecule has 1 aromatic rings. The minimum absolute atomic E-state index is 0.0897. The van der Waals surface area contributed by atoms with Crippen LogP contribution in [0, 0.1) is 11.8 Å². The fourth-order valence-corrected chi connectivity index (χ4v) is 5.06. The molecule has 6 heteroatoms. The summed E-state index contributed by atoms with van der Waals surface area (Å²) in [6, 6.07) is 6.55. The van der Waals surface area contributed by atoms with Crippen molar-refractivity contribution in [3.05, 3.63) is 29.8 Å². The summed E-state index contributed by atoms with van der Waals surface area (Å²) in [6.45, 7) is 4.90. The first kappa shape index (κ1) is 17.9. The van der Waals surface area contributed by atoms with Gasteiger partial charge in [-0.15, -0.1) is 0 Å². The highest BCUT2D eigenvalue weighted by atomic mass is 16.6. The standard InChI is InChI=1S/C22H29N3O3/c26-22(24-19-3-1-17-13-23-14-18(17)11-19)25-7-5-15(6-8-25)16-2-4-20-21(12-16)28-10-9-27-20/h2,4-5,12,17-19,23H,1,3,6-11,13-14H2,(H,24,26). The van der Waals surface area contributed by atoms with E-state index in [1.54, 1.807) is 0 Å². The molecule has 150 valence electrons. The van der Waals surface area contributed by atoms with Gasteiger partial charge in [0.25, 0.3) is 0 Å². The number of rotatable bonds is 2. The third kappa shape index (κ3) is 3.58. The minimum atomic E-state index is 0.0897. The van der Waals surface area contributed by atoms with Crippen molar-refractivity contribution in [2.45, 2.75) is 31.7 Å². The average Bonchev–Trinajstić information content (AvgIpc) is 3.21. The molecule has 3 heterocycles. The molecule has 2 N–H and O–H groups in total. The number of benzene rings is 1. The Labute approximate surface area is 166 Å². The van der Waals surface area contributed by atoms with Crippen LogP contribution in [-0.2, 0) is 0 Å². The Morgan fingerprint density at radius 1 is 1.11 bits per heavy atom. The fourth-order valence-electron chi connectivity index (χ4n) is 5.06. The molecule has 28 heavy (non-hydrogen) atoms. The maximum Gasteiger partial charge on any atom is 0.317 e. The Kier molecular flexibility index (Phi) is 4.89. The lowest BCUT2D eigenvalue weighted by molar-refractivity contribution is 0.171. The molecule has 5 rings (SSSR count). The number of hydrogen-bond acceptors (Lipinski definition) is 4. The van der Waals surface area contributed by atoms with Crippen LogP contribution in [0.2, 0.25) is 0 Å². The summed E-state index contributed by atoms with van der Waals surface area (Å²) < 4.78 is 11.3. The van der Waals surface area contributed by atoms with Gasteiger partial charge in [-0.3, -0.25) is 0 Å². The van der Waals surface area contributed by atoms with Crippen LogP contribution in [0.1, 0.15) is 31.2 Å². The van der Waals surface area contributed by atoms with Gasteiger partial charge in [0.1, 0.15) is 13.2 Å². The summed E-state index contributed by atoms with van der Waals surface area (Å²) in [4.78, 5) is 14.7. The Bertz CT molecular complexity index is 778. The predicted molar refractivity (Wildman–Crippen MR) is 108 cm³/mol. The highest BCUT2D eigenvalue weighted by Crippen LogP contribution is 2.35. The maximum atomic E-state index is 12.7. The van der Waals surface area contributed by atoms with Crippen molar-refractivity contribution < 1.29 is 14.3 Å². The zero-order valence-electron chi connectivity index (χ0n) is 16.3. The van der Waals surface area contributed by atoms with Gasteiger partial charge in [0.2, 0.25) is 0 Å². The molecule has 0 aromatic heterocycles. The zero-order chi connectivity index (χ0) is 18.9. The van der Waals surface area contributed by atoms with Gasteiger partial charge in [0, 0.05) is 19.1 Å². The van der Waals surface area contributed by atoms with Crippen LogP contribution in [0.5, 0.6) is 11.5 Å². The smallest absolute Gasteiger partial charge is 0.317 e. The molecule has 0 bridgehead atoms. The van der Waals surface area contributed by atoms with Gasteiger partial charge in [0.05, 0.1) is 0 Å². The highest BCUT2D eigenvalue weighted by molar-refractivity contribution is 5.77. The highest BCUT2D eigenvalue weighted by Gasteiger charge is 2.34. The number of nitrogens with zero attached hydrogens (tertiary/aromatic N) is 1. The van der Waals surface area contributed by atoms with Crippen molar-refractivity contribution in [1.82, 2.24) is 15.5 Å². The van der Waals surface area contributed by atoms with E-state index >= 15 is 0 Å².